The average Bonchev–Trinajstić information content (AvgIpc) is 2.52. The molecule has 156 valence electrons. The second-order valence-corrected chi connectivity index (χ2v) is 6.01. The predicted octanol–water partition coefficient (Wildman–Crippen LogP) is 4.48. The lowest BCUT2D eigenvalue weighted by Gasteiger charge is -2.34. The van der Waals surface area contributed by atoms with Gasteiger partial charge in [0.15, 0.2) is 0 Å². The number of halogens is 8. The van der Waals surface area contributed by atoms with Gasteiger partial charge in [-0.05, 0) is 25.7 Å². The van der Waals surface area contributed by atoms with Gasteiger partial charge in [-0.3, -0.25) is 0 Å². The Labute approximate surface area is 148 Å². The van der Waals surface area contributed by atoms with E-state index in [0.29, 0.717) is 12.8 Å². The Balaban J connectivity index is 2.74. The van der Waals surface area contributed by atoms with Crippen molar-refractivity contribution >= 4 is 11.9 Å². The van der Waals surface area contributed by atoms with Gasteiger partial charge in [0, 0.05) is 19.1 Å². The van der Waals surface area contributed by atoms with Crippen LogP contribution in [0.4, 0.5) is 35.1 Å². The zero-order chi connectivity index (χ0) is 21.1. The van der Waals surface area contributed by atoms with Crippen LogP contribution in [0.3, 0.4) is 0 Å². The molecule has 0 spiro atoms. The van der Waals surface area contributed by atoms with Crippen molar-refractivity contribution in [2.75, 3.05) is 0 Å². The number of hydrogen-bond acceptors (Lipinski definition) is 4. The highest BCUT2D eigenvalue weighted by Crippen LogP contribution is 2.52. The van der Waals surface area contributed by atoms with Crippen LogP contribution in [0.15, 0.2) is 12.2 Å². The number of alkyl halides is 8. The molecule has 27 heavy (non-hydrogen) atoms. The molecule has 0 heterocycles. The van der Waals surface area contributed by atoms with Gasteiger partial charge in [0.1, 0.15) is 6.10 Å². The number of esters is 2. The first-order valence-corrected chi connectivity index (χ1v) is 7.75. The Morgan fingerprint density at radius 3 is 1.78 bits per heavy atom. The summed E-state index contributed by atoms with van der Waals surface area (Å²) in [6.45, 7) is -0.694. The quantitative estimate of drug-likeness (QED) is 0.352. The number of hydrogen-bond donors (Lipinski definition) is 0. The van der Waals surface area contributed by atoms with E-state index in [9.17, 15) is 44.7 Å². The van der Waals surface area contributed by atoms with Crippen molar-refractivity contribution in [2.24, 2.45) is 0 Å². The van der Waals surface area contributed by atoms with E-state index < -0.39 is 48.8 Å². The van der Waals surface area contributed by atoms with E-state index in [-0.39, 0.29) is 12.2 Å². The molecule has 1 rings (SSSR count). The average molecular weight is 412 g/mol. The molecule has 1 aliphatic carbocycles. The topological polar surface area (TPSA) is 52.6 Å². The molecule has 1 fully saturated rings. The lowest BCUT2D eigenvalue weighted by atomic mass is 9.98. The minimum absolute atomic E-state index is 0.0582. The van der Waals surface area contributed by atoms with Gasteiger partial charge in [-0.25, -0.2) is 9.59 Å². The van der Waals surface area contributed by atoms with Crippen LogP contribution in [0.25, 0.3) is 0 Å². The van der Waals surface area contributed by atoms with E-state index in [1.54, 1.807) is 0 Å². The number of ether oxygens (including phenoxy) is 2. The fraction of sp³-hybridized carbons (Fsp3) is 0.733. The second kappa shape index (κ2) is 8.01. The van der Waals surface area contributed by atoms with Crippen molar-refractivity contribution in [2.45, 2.75) is 69.0 Å². The lowest BCUT2D eigenvalue weighted by molar-refractivity contribution is -0.413. The van der Waals surface area contributed by atoms with Crippen LogP contribution in [-0.4, -0.2) is 41.9 Å². The molecular formula is C15H16F8O4. The Kier molecular flexibility index (Phi) is 6.87. The summed E-state index contributed by atoms with van der Waals surface area (Å²) in [5.74, 6) is -22.3. The third-order valence-corrected chi connectivity index (χ3v) is 3.73. The number of carbonyl (C=O) groups excluding carboxylic acids is 2. The maximum absolute atomic E-state index is 13.2. The maximum Gasteiger partial charge on any atom is 0.473 e. The third kappa shape index (κ3) is 5.32. The van der Waals surface area contributed by atoms with Gasteiger partial charge in [-0.1, -0.05) is 6.42 Å². The van der Waals surface area contributed by atoms with Crippen molar-refractivity contribution in [3.8, 4) is 0 Å². The highest BCUT2D eigenvalue weighted by molar-refractivity contribution is 5.91. The van der Waals surface area contributed by atoms with Crippen molar-refractivity contribution in [1.82, 2.24) is 0 Å². The molecule has 1 aliphatic rings. The number of rotatable bonds is 7. The van der Waals surface area contributed by atoms with Crippen molar-refractivity contribution < 1.29 is 54.2 Å². The summed E-state index contributed by atoms with van der Waals surface area (Å²) in [5, 5.41) is 0. The van der Waals surface area contributed by atoms with Gasteiger partial charge in [0.05, 0.1) is 0 Å². The van der Waals surface area contributed by atoms with Crippen LogP contribution in [-0.2, 0) is 19.1 Å². The minimum atomic E-state index is -6.72. The van der Waals surface area contributed by atoms with Crippen molar-refractivity contribution in [3.63, 3.8) is 0 Å². The van der Waals surface area contributed by atoms with Crippen molar-refractivity contribution in [3.05, 3.63) is 12.2 Å². The van der Waals surface area contributed by atoms with Crippen molar-refractivity contribution in [1.29, 1.82) is 0 Å². The van der Waals surface area contributed by atoms with Gasteiger partial charge < -0.3 is 9.47 Å². The molecule has 0 bridgehead atoms. The van der Waals surface area contributed by atoms with Crippen LogP contribution in [0, 0.1) is 0 Å². The molecule has 12 heteroatoms. The molecule has 0 N–H and O–H groups in total. The molecule has 0 atom stereocenters. The summed E-state index contributed by atoms with van der Waals surface area (Å²) in [6, 6.07) is 0. The molecule has 0 aliphatic heterocycles. The third-order valence-electron chi connectivity index (χ3n) is 3.73. The zero-order valence-corrected chi connectivity index (χ0v) is 13.9. The first-order chi connectivity index (χ1) is 12.1. The molecule has 0 radical (unpaired) electrons. The fourth-order valence-corrected chi connectivity index (χ4v) is 2.21. The summed E-state index contributed by atoms with van der Waals surface area (Å²) in [4.78, 5) is 22.5. The lowest BCUT2D eigenvalue weighted by Crippen LogP contribution is -2.62. The van der Waals surface area contributed by atoms with Gasteiger partial charge in [-0.2, -0.15) is 35.1 Å². The molecule has 0 unspecified atom stereocenters. The first kappa shape index (κ1) is 23.2. The molecular weight excluding hydrogens is 396 g/mol. The molecule has 4 nitrogen and oxygen atoms in total. The molecule has 0 aromatic heterocycles. The maximum atomic E-state index is 13.2. The summed E-state index contributed by atoms with van der Waals surface area (Å²) in [7, 11) is 0. The highest BCUT2D eigenvalue weighted by atomic mass is 19.4. The van der Waals surface area contributed by atoms with Crippen LogP contribution in [0.2, 0.25) is 0 Å². The monoisotopic (exact) mass is 412 g/mol. The summed E-state index contributed by atoms with van der Waals surface area (Å²) < 4.78 is 112. The summed E-state index contributed by atoms with van der Waals surface area (Å²) in [5.41, 5.74) is 0. The second-order valence-electron chi connectivity index (χ2n) is 6.01. The first-order valence-electron chi connectivity index (χ1n) is 7.75. The molecule has 1 saturated carbocycles. The van der Waals surface area contributed by atoms with Crippen LogP contribution >= 0.6 is 0 Å². The van der Waals surface area contributed by atoms with Crippen LogP contribution < -0.4 is 0 Å². The fourth-order valence-electron chi connectivity index (χ4n) is 2.21. The molecule has 0 amide bonds. The predicted molar refractivity (Wildman–Crippen MR) is 73.7 cm³/mol. The molecule has 0 aromatic rings. The Hall–Kier alpha value is -1.88. The summed E-state index contributed by atoms with van der Waals surface area (Å²) >= 11 is 0. The van der Waals surface area contributed by atoms with E-state index in [1.165, 1.54) is 0 Å². The van der Waals surface area contributed by atoms with E-state index >= 15 is 0 Å². The Morgan fingerprint density at radius 1 is 0.815 bits per heavy atom. The largest absolute Gasteiger partial charge is 0.473 e. The van der Waals surface area contributed by atoms with Crippen LogP contribution in [0.5, 0.6) is 0 Å². The molecule has 0 aromatic carbocycles. The van der Waals surface area contributed by atoms with Gasteiger partial charge in [0.2, 0.25) is 0 Å². The standard InChI is InChI=1S/C15H16F8O4/c1-12(16,17)13(18,19)14(20,21)15(22,23)27-11(25)8-7-10(24)26-9-5-3-2-4-6-9/h7-9H,2-6H2,1H3. The normalized spacial score (nSPS) is 17.8. The zero-order valence-electron chi connectivity index (χ0n) is 13.9. The minimum Gasteiger partial charge on any atom is -0.459 e. The van der Waals surface area contributed by atoms with E-state index in [4.69, 9.17) is 4.74 Å². The van der Waals surface area contributed by atoms with Gasteiger partial charge in [-0.15, -0.1) is 0 Å². The summed E-state index contributed by atoms with van der Waals surface area (Å²) in [6.07, 6.45) is -2.96. The van der Waals surface area contributed by atoms with E-state index in [0.717, 1.165) is 19.3 Å². The van der Waals surface area contributed by atoms with Crippen LogP contribution in [0.1, 0.15) is 39.0 Å². The Morgan fingerprint density at radius 2 is 1.30 bits per heavy atom. The van der Waals surface area contributed by atoms with E-state index in [2.05, 4.69) is 4.74 Å². The smallest absolute Gasteiger partial charge is 0.459 e. The molecule has 0 saturated heterocycles. The number of carbonyl (C=O) groups is 2. The SMILES string of the molecule is CC(F)(F)C(F)(F)C(F)(F)C(F)(F)OC(=O)C=CC(=O)OC1CCCCC1. The van der Waals surface area contributed by atoms with Gasteiger partial charge in [0.25, 0.3) is 0 Å². The highest BCUT2D eigenvalue weighted by Gasteiger charge is 2.81. The van der Waals surface area contributed by atoms with E-state index in [1.807, 2.05) is 0 Å². The van der Waals surface area contributed by atoms with Gasteiger partial charge >= 0.3 is 35.8 Å². The Bertz CT molecular complexity index is 577.